The average Bonchev–Trinajstić information content (AvgIpc) is 3.16. The second-order valence-corrected chi connectivity index (χ2v) is 7.84. The molecule has 5 nitrogen and oxygen atoms in total. The summed E-state index contributed by atoms with van der Waals surface area (Å²) in [4.78, 5) is 12.7. The summed E-state index contributed by atoms with van der Waals surface area (Å²) >= 11 is 1.76. The molecule has 0 bridgehead atoms. The summed E-state index contributed by atoms with van der Waals surface area (Å²) in [6, 6.07) is 6.46. The maximum absolute atomic E-state index is 6.26. The van der Waals surface area contributed by atoms with Gasteiger partial charge in [0.2, 0.25) is 0 Å². The topological polar surface area (TPSA) is 50.3 Å². The molecule has 4 heterocycles. The Morgan fingerprint density at radius 2 is 2.38 bits per heavy atom. The van der Waals surface area contributed by atoms with Gasteiger partial charge < -0.3 is 10.1 Å². The maximum atomic E-state index is 6.26. The monoisotopic (exact) mass is 344 g/mol. The van der Waals surface area contributed by atoms with Gasteiger partial charge in [0.1, 0.15) is 5.82 Å². The van der Waals surface area contributed by atoms with E-state index in [2.05, 4.69) is 27.1 Å². The van der Waals surface area contributed by atoms with E-state index in [1.807, 2.05) is 29.9 Å². The molecule has 128 valence electrons. The fourth-order valence-corrected chi connectivity index (χ4v) is 4.65. The third kappa shape index (κ3) is 3.45. The highest BCUT2D eigenvalue weighted by Crippen LogP contribution is 2.36. The summed E-state index contributed by atoms with van der Waals surface area (Å²) in [5, 5.41) is 3.58. The molecule has 24 heavy (non-hydrogen) atoms. The van der Waals surface area contributed by atoms with Crippen LogP contribution < -0.4 is 5.32 Å². The minimum Gasteiger partial charge on any atom is -0.373 e. The second kappa shape index (κ2) is 6.78. The predicted molar refractivity (Wildman–Crippen MR) is 96.3 cm³/mol. The summed E-state index contributed by atoms with van der Waals surface area (Å²) in [7, 11) is 0. The van der Waals surface area contributed by atoms with Crippen molar-refractivity contribution in [3.05, 3.63) is 40.5 Å². The van der Waals surface area contributed by atoms with Crippen molar-refractivity contribution in [2.24, 2.45) is 0 Å². The highest BCUT2D eigenvalue weighted by Gasteiger charge is 2.43. The highest BCUT2D eigenvalue weighted by molar-refractivity contribution is 7.09. The second-order valence-electron chi connectivity index (χ2n) is 6.90. The zero-order chi connectivity index (χ0) is 16.4. The SMILES string of the molecule is Cc1ncsc1CN1CC[C@@]2(C[C@H](Nc3ccccn3)CCO2)C1. The normalized spacial score (nSPS) is 27.6. The van der Waals surface area contributed by atoms with Gasteiger partial charge in [-0.05, 0) is 38.3 Å². The number of aryl methyl sites for hydroxylation is 1. The fraction of sp³-hybridized carbons (Fsp3) is 0.556. The number of nitrogens with zero attached hydrogens (tertiary/aromatic N) is 3. The zero-order valence-electron chi connectivity index (χ0n) is 14.1. The third-order valence-electron chi connectivity index (χ3n) is 5.12. The van der Waals surface area contributed by atoms with Crippen LogP contribution in [0, 0.1) is 6.92 Å². The van der Waals surface area contributed by atoms with Crippen molar-refractivity contribution < 1.29 is 4.74 Å². The Morgan fingerprint density at radius 1 is 1.42 bits per heavy atom. The number of pyridine rings is 1. The molecular weight excluding hydrogens is 320 g/mol. The van der Waals surface area contributed by atoms with Gasteiger partial charge >= 0.3 is 0 Å². The van der Waals surface area contributed by atoms with Crippen molar-refractivity contribution in [2.45, 2.75) is 44.4 Å². The standard InChI is InChI=1S/C18H24N4OS/c1-14-16(24-13-20-14)11-22-8-6-18(12-22)10-15(5-9-23-18)21-17-4-2-3-7-19-17/h2-4,7,13,15H,5-6,8-12H2,1H3,(H,19,21)/t15-,18-/m1/s1. The molecule has 0 aromatic carbocycles. The van der Waals surface area contributed by atoms with E-state index in [-0.39, 0.29) is 5.60 Å². The van der Waals surface area contributed by atoms with Crippen molar-refractivity contribution in [3.63, 3.8) is 0 Å². The molecule has 2 aliphatic heterocycles. The number of nitrogens with one attached hydrogen (secondary N) is 1. The van der Waals surface area contributed by atoms with Crippen LogP contribution in [-0.4, -0.2) is 46.2 Å². The van der Waals surface area contributed by atoms with Crippen LogP contribution in [0.2, 0.25) is 0 Å². The van der Waals surface area contributed by atoms with Gasteiger partial charge in [0.25, 0.3) is 0 Å². The molecule has 2 aliphatic rings. The Morgan fingerprint density at radius 3 is 3.17 bits per heavy atom. The largest absolute Gasteiger partial charge is 0.373 e. The lowest BCUT2D eigenvalue weighted by Gasteiger charge is -2.38. The number of rotatable bonds is 4. The minimum atomic E-state index is 0.00326. The summed E-state index contributed by atoms with van der Waals surface area (Å²) in [5.74, 6) is 0.967. The van der Waals surface area contributed by atoms with E-state index >= 15 is 0 Å². The van der Waals surface area contributed by atoms with Crippen LogP contribution in [0.4, 0.5) is 5.82 Å². The summed E-state index contributed by atoms with van der Waals surface area (Å²) < 4.78 is 6.26. The lowest BCUT2D eigenvalue weighted by atomic mass is 9.89. The van der Waals surface area contributed by atoms with Gasteiger partial charge in [0, 0.05) is 43.4 Å². The van der Waals surface area contributed by atoms with Crippen molar-refractivity contribution in [2.75, 3.05) is 25.0 Å². The molecule has 2 atom stereocenters. The fourth-order valence-electron chi connectivity index (χ4n) is 3.84. The quantitative estimate of drug-likeness (QED) is 0.924. The van der Waals surface area contributed by atoms with E-state index in [1.54, 1.807) is 11.3 Å². The number of ether oxygens (including phenoxy) is 1. The number of hydrogen-bond acceptors (Lipinski definition) is 6. The molecule has 2 aromatic heterocycles. The van der Waals surface area contributed by atoms with Gasteiger partial charge in [0.05, 0.1) is 16.8 Å². The molecular formula is C18H24N4OS. The molecule has 4 rings (SSSR count). The van der Waals surface area contributed by atoms with Gasteiger partial charge in [-0.25, -0.2) is 9.97 Å². The Bertz CT molecular complexity index is 677. The van der Waals surface area contributed by atoms with E-state index in [0.29, 0.717) is 6.04 Å². The van der Waals surface area contributed by atoms with Gasteiger partial charge in [0.15, 0.2) is 0 Å². The number of aromatic nitrogens is 2. The van der Waals surface area contributed by atoms with Crippen molar-refractivity contribution in [3.8, 4) is 0 Å². The number of anilines is 1. The molecule has 2 saturated heterocycles. The van der Waals surface area contributed by atoms with Gasteiger partial charge in [-0.1, -0.05) is 6.07 Å². The maximum Gasteiger partial charge on any atom is 0.126 e. The molecule has 2 fully saturated rings. The van der Waals surface area contributed by atoms with E-state index in [0.717, 1.165) is 51.3 Å². The lowest BCUT2D eigenvalue weighted by molar-refractivity contribution is -0.0737. The molecule has 6 heteroatoms. The van der Waals surface area contributed by atoms with Gasteiger partial charge in [-0.3, -0.25) is 4.90 Å². The Balaban J connectivity index is 1.38. The Labute approximate surface area is 147 Å². The van der Waals surface area contributed by atoms with Gasteiger partial charge in [-0.2, -0.15) is 0 Å². The smallest absolute Gasteiger partial charge is 0.126 e. The van der Waals surface area contributed by atoms with E-state index in [4.69, 9.17) is 4.74 Å². The first-order valence-corrected chi connectivity index (χ1v) is 9.53. The zero-order valence-corrected chi connectivity index (χ0v) is 14.9. The first-order valence-electron chi connectivity index (χ1n) is 8.65. The Kier molecular flexibility index (Phi) is 4.52. The molecule has 1 N–H and O–H groups in total. The predicted octanol–water partition coefficient (Wildman–Crippen LogP) is 3.08. The van der Waals surface area contributed by atoms with Crippen LogP contribution in [0.3, 0.4) is 0 Å². The number of hydrogen-bond donors (Lipinski definition) is 1. The van der Waals surface area contributed by atoms with E-state index in [9.17, 15) is 0 Å². The number of likely N-dealkylation sites (tertiary alicyclic amines) is 1. The average molecular weight is 344 g/mol. The molecule has 0 amide bonds. The summed E-state index contributed by atoms with van der Waals surface area (Å²) in [5.41, 5.74) is 3.11. The highest BCUT2D eigenvalue weighted by atomic mass is 32.1. The van der Waals surface area contributed by atoms with E-state index < -0.39 is 0 Å². The molecule has 2 aromatic rings. The van der Waals surface area contributed by atoms with Crippen LogP contribution in [0.1, 0.15) is 29.8 Å². The third-order valence-corrected chi connectivity index (χ3v) is 6.04. The van der Waals surface area contributed by atoms with Gasteiger partial charge in [-0.15, -0.1) is 11.3 Å². The molecule has 0 saturated carbocycles. The van der Waals surface area contributed by atoms with Crippen LogP contribution in [0.5, 0.6) is 0 Å². The first-order chi connectivity index (χ1) is 11.7. The summed E-state index contributed by atoms with van der Waals surface area (Å²) in [6.45, 7) is 6.05. The molecule has 0 radical (unpaired) electrons. The van der Waals surface area contributed by atoms with E-state index in [1.165, 1.54) is 10.6 Å². The van der Waals surface area contributed by atoms with Crippen LogP contribution in [0.15, 0.2) is 29.9 Å². The minimum absolute atomic E-state index is 0.00326. The van der Waals surface area contributed by atoms with Crippen LogP contribution >= 0.6 is 11.3 Å². The van der Waals surface area contributed by atoms with Crippen LogP contribution in [0.25, 0.3) is 0 Å². The molecule has 0 unspecified atom stereocenters. The summed E-state index contributed by atoms with van der Waals surface area (Å²) in [6.07, 6.45) is 5.06. The van der Waals surface area contributed by atoms with Crippen LogP contribution in [-0.2, 0) is 11.3 Å². The molecule has 0 aliphatic carbocycles. The van der Waals surface area contributed by atoms with Crippen molar-refractivity contribution in [1.29, 1.82) is 0 Å². The molecule has 1 spiro atoms. The van der Waals surface area contributed by atoms with Crippen molar-refractivity contribution >= 4 is 17.2 Å². The first kappa shape index (κ1) is 16.0. The Hall–Kier alpha value is -1.50. The lowest BCUT2D eigenvalue weighted by Crippen LogP contribution is -2.46. The number of thiazole rings is 1. The van der Waals surface area contributed by atoms with Crippen molar-refractivity contribution in [1.82, 2.24) is 14.9 Å².